The van der Waals surface area contributed by atoms with Gasteiger partial charge in [-0.15, -0.1) is 0 Å². The van der Waals surface area contributed by atoms with Crippen molar-refractivity contribution in [2.45, 2.75) is 83.5 Å². The van der Waals surface area contributed by atoms with Crippen LogP contribution >= 0.6 is 0 Å². The average Bonchev–Trinajstić information content (AvgIpc) is 2.81. The first kappa shape index (κ1) is 22.1. The van der Waals surface area contributed by atoms with E-state index in [1.165, 1.54) is 88.3 Å². The van der Waals surface area contributed by atoms with Crippen LogP contribution in [0.2, 0.25) is 0 Å². The number of rotatable bonds is 6. The SMILES string of the molecule is CCCCCCC1CCC2CC(c3ccc(C#Cc4ccc(F)cc4)cc3)CCC2C1. The molecule has 2 aliphatic carbocycles. The number of halogens is 1. The summed E-state index contributed by atoms with van der Waals surface area (Å²) in [6.45, 7) is 2.30. The van der Waals surface area contributed by atoms with Crippen LogP contribution in [0, 0.1) is 35.4 Å². The van der Waals surface area contributed by atoms with E-state index in [1.807, 2.05) is 0 Å². The van der Waals surface area contributed by atoms with Crippen molar-refractivity contribution in [3.8, 4) is 11.8 Å². The molecule has 0 nitrogen and oxygen atoms in total. The van der Waals surface area contributed by atoms with Crippen molar-refractivity contribution in [3.63, 3.8) is 0 Å². The van der Waals surface area contributed by atoms with Gasteiger partial charge in [0, 0.05) is 11.1 Å². The third-order valence-corrected chi connectivity index (χ3v) is 7.77. The first-order valence-electron chi connectivity index (χ1n) is 12.6. The van der Waals surface area contributed by atoms with E-state index in [2.05, 4.69) is 43.0 Å². The van der Waals surface area contributed by atoms with Gasteiger partial charge in [-0.25, -0.2) is 4.39 Å². The summed E-state index contributed by atoms with van der Waals surface area (Å²) < 4.78 is 13.0. The number of hydrogen-bond donors (Lipinski definition) is 0. The van der Waals surface area contributed by atoms with Crippen molar-refractivity contribution >= 4 is 0 Å². The Labute approximate surface area is 188 Å². The lowest BCUT2D eigenvalue weighted by Gasteiger charge is -2.42. The Morgan fingerprint density at radius 2 is 1.39 bits per heavy atom. The second-order valence-corrected chi connectivity index (χ2v) is 9.94. The van der Waals surface area contributed by atoms with E-state index in [9.17, 15) is 4.39 Å². The van der Waals surface area contributed by atoms with E-state index in [-0.39, 0.29) is 5.82 Å². The molecule has 1 heteroatoms. The number of benzene rings is 2. The van der Waals surface area contributed by atoms with Crippen LogP contribution in [0.1, 0.15) is 100 Å². The minimum absolute atomic E-state index is 0.218. The van der Waals surface area contributed by atoms with Crippen LogP contribution in [0.3, 0.4) is 0 Å². The summed E-state index contributed by atoms with van der Waals surface area (Å²) in [4.78, 5) is 0. The molecule has 164 valence electrons. The summed E-state index contributed by atoms with van der Waals surface area (Å²) in [7, 11) is 0. The number of fused-ring (bicyclic) bond motifs is 1. The highest BCUT2D eigenvalue weighted by atomic mass is 19.1. The maximum absolute atomic E-state index is 13.0. The Kier molecular flexibility index (Phi) is 7.85. The fourth-order valence-corrected chi connectivity index (χ4v) is 5.93. The van der Waals surface area contributed by atoms with Crippen LogP contribution in [0.4, 0.5) is 4.39 Å². The van der Waals surface area contributed by atoms with Crippen molar-refractivity contribution in [1.82, 2.24) is 0 Å². The summed E-state index contributed by atoms with van der Waals surface area (Å²) in [6, 6.07) is 15.3. The molecular weight excluding hydrogens is 379 g/mol. The van der Waals surface area contributed by atoms with Crippen LogP contribution in [0.5, 0.6) is 0 Å². The molecule has 0 bridgehead atoms. The molecule has 0 heterocycles. The van der Waals surface area contributed by atoms with Gasteiger partial charge in [-0.05, 0) is 97.7 Å². The lowest BCUT2D eigenvalue weighted by Crippen LogP contribution is -2.30. The van der Waals surface area contributed by atoms with E-state index in [0.29, 0.717) is 0 Å². The molecule has 4 rings (SSSR count). The van der Waals surface area contributed by atoms with Gasteiger partial charge in [0.1, 0.15) is 5.82 Å². The molecule has 0 aliphatic heterocycles. The van der Waals surface area contributed by atoms with Gasteiger partial charge < -0.3 is 0 Å². The molecule has 0 aromatic heterocycles. The number of unbranched alkanes of at least 4 members (excludes halogenated alkanes) is 3. The molecule has 2 aromatic carbocycles. The van der Waals surface area contributed by atoms with Crippen LogP contribution in [-0.2, 0) is 0 Å². The quantitative estimate of drug-likeness (QED) is 0.327. The topological polar surface area (TPSA) is 0 Å². The molecule has 0 saturated heterocycles. The molecule has 4 atom stereocenters. The average molecular weight is 417 g/mol. The molecule has 4 unspecified atom stereocenters. The van der Waals surface area contributed by atoms with Gasteiger partial charge in [0.25, 0.3) is 0 Å². The zero-order chi connectivity index (χ0) is 21.5. The predicted octanol–water partition coefficient (Wildman–Crippen LogP) is 8.50. The lowest BCUT2D eigenvalue weighted by atomic mass is 9.63. The molecule has 31 heavy (non-hydrogen) atoms. The summed E-state index contributed by atoms with van der Waals surface area (Å²) in [5.41, 5.74) is 3.38. The van der Waals surface area contributed by atoms with Crippen molar-refractivity contribution in [2.75, 3.05) is 0 Å². The van der Waals surface area contributed by atoms with Crippen LogP contribution in [0.25, 0.3) is 0 Å². The monoisotopic (exact) mass is 416 g/mol. The van der Waals surface area contributed by atoms with Gasteiger partial charge in [0.15, 0.2) is 0 Å². The van der Waals surface area contributed by atoms with E-state index in [1.54, 1.807) is 12.1 Å². The molecule has 2 aromatic rings. The van der Waals surface area contributed by atoms with E-state index in [0.717, 1.165) is 34.8 Å². The Hall–Kier alpha value is -2.07. The van der Waals surface area contributed by atoms with Gasteiger partial charge >= 0.3 is 0 Å². The molecule has 0 radical (unpaired) electrons. The van der Waals surface area contributed by atoms with Crippen molar-refractivity contribution in [2.24, 2.45) is 17.8 Å². The molecule has 2 saturated carbocycles. The Morgan fingerprint density at radius 3 is 2.10 bits per heavy atom. The fourth-order valence-electron chi connectivity index (χ4n) is 5.93. The maximum Gasteiger partial charge on any atom is 0.123 e. The van der Waals surface area contributed by atoms with Gasteiger partial charge in [0.05, 0.1) is 0 Å². The normalized spacial score (nSPS) is 25.4. The van der Waals surface area contributed by atoms with Crippen molar-refractivity contribution in [1.29, 1.82) is 0 Å². The first-order valence-corrected chi connectivity index (χ1v) is 12.6. The lowest BCUT2D eigenvalue weighted by molar-refractivity contribution is 0.113. The Bertz CT molecular complexity index is 867. The zero-order valence-electron chi connectivity index (χ0n) is 19.1. The third-order valence-electron chi connectivity index (χ3n) is 7.77. The first-order chi connectivity index (χ1) is 15.2. The molecular formula is C30H37F. The van der Waals surface area contributed by atoms with Gasteiger partial charge in [-0.1, -0.05) is 69.4 Å². The van der Waals surface area contributed by atoms with E-state index < -0.39 is 0 Å². The van der Waals surface area contributed by atoms with Crippen molar-refractivity contribution < 1.29 is 4.39 Å². The van der Waals surface area contributed by atoms with Crippen LogP contribution in [-0.4, -0.2) is 0 Å². The van der Waals surface area contributed by atoms with Crippen molar-refractivity contribution in [3.05, 3.63) is 71.0 Å². The second-order valence-electron chi connectivity index (χ2n) is 9.94. The zero-order valence-corrected chi connectivity index (χ0v) is 19.1. The summed E-state index contributed by atoms with van der Waals surface area (Å²) in [5.74, 6) is 9.80. The summed E-state index contributed by atoms with van der Waals surface area (Å²) in [6.07, 6.45) is 15.7. The largest absolute Gasteiger partial charge is 0.207 e. The third kappa shape index (κ3) is 6.22. The maximum atomic E-state index is 13.0. The molecule has 2 aliphatic rings. The molecule has 0 N–H and O–H groups in total. The second kappa shape index (κ2) is 11.0. The van der Waals surface area contributed by atoms with Gasteiger partial charge in [-0.3, -0.25) is 0 Å². The van der Waals surface area contributed by atoms with Gasteiger partial charge in [-0.2, -0.15) is 0 Å². The van der Waals surface area contributed by atoms with Crippen LogP contribution < -0.4 is 0 Å². The van der Waals surface area contributed by atoms with E-state index in [4.69, 9.17) is 0 Å². The molecule has 0 amide bonds. The highest BCUT2D eigenvalue weighted by Crippen LogP contribution is 2.48. The standard InChI is InChI=1S/C30H37F/c1-2-3-4-5-6-25-11-16-29-22-28(18-17-27(29)21-25)26-14-9-23(10-15-26)7-8-24-12-19-30(31)20-13-24/h9-10,12-15,19-20,25,27-29H,2-6,11,16-18,21-22H2,1H3. The summed E-state index contributed by atoms with van der Waals surface area (Å²) >= 11 is 0. The predicted molar refractivity (Wildman–Crippen MR) is 128 cm³/mol. The molecule has 0 spiro atoms. The van der Waals surface area contributed by atoms with E-state index >= 15 is 0 Å². The van der Waals surface area contributed by atoms with Gasteiger partial charge in [0.2, 0.25) is 0 Å². The Morgan fingerprint density at radius 1 is 0.742 bits per heavy atom. The highest BCUT2D eigenvalue weighted by molar-refractivity contribution is 5.43. The number of hydrogen-bond acceptors (Lipinski definition) is 0. The minimum atomic E-state index is -0.218. The summed E-state index contributed by atoms with van der Waals surface area (Å²) in [5, 5.41) is 0. The Balaban J connectivity index is 1.28. The smallest absolute Gasteiger partial charge is 0.123 e. The highest BCUT2D eigenvalue weighted by Gasteiger charge is 2.35. The minimum Gasteiger partial charge on any atom is -0.207 e. The fraction of sp³-hybridized carbons (Fsp3) is 0.533. The molecule has 2 fully saturated rings. The van der Waals surface area contributed by atoms with Crippen LogP contribution in [0.15, 0.2) is 48.5 Å².